The SMILES string of the molecule is C[C@H]1C[C@H](O)[C@@H](C)/C=C/C=C/C=C/C=C/C=C/C=C/C=C/C(O[C@@H]2OC[C@@H](O)[C@H](N)[C@@H]2O)C[C@@H]2OC(O)(CC(O)CC(O)C(O)CCC(O)CC(O)CC(=O)O1)C[C@H](O)[C@H]2C(=O)N[C@H](CO)C(C)(C)C. The van der Waals surface area contributed by atoms with Gasteiger partial charge in [0.15, 0.2) is 12.1 Å². The molecule has 3 rings (SSSR count). The summed E-state index contributed by atoms with van der Waals surface area (Å²) in [5.41, 5.74) is 5.41. The number of nitrogens with one attached hydrogen (secondary N) is 1. The summed E-state index contributed by atoms with van der Waals surface area (Å²) in [6, 6.07) is -1.89. The molecule has 3 aliphatic rings. The third-order valence-corrected chi connectivity index (χ3v) is 12.6. The number of carbonyl (C=O) groups is 2. The van der Waals surface area contributed by atoms with Gasteiger partial charge < -0.3 is 86.2 Å². The number of amides is 1. The van der Waals surface area contributed by atoms with Gasteiger partial charge in [0, 0.05) is 38.0 Å². The van der Waals surface area contributed by atoms with E-state index in [1.54, 1.807) is 82.4 Å². The fourth-order valence-electron chi connectivity index (χ4n) is 8.31. The molecule has 0 saturated carbocycles. The lowest BCUT2D eigenvalue weighted by Crippen LogP contribution is -2.60. The van der Waals surface area contributed by atoms with Gasteiger partial charge >= 0.3 is 5.97 Å². The highest BCUT2D eigenvalue weighted by molar-refractivity contribution is 5.80. The molecule has 3 heterocycles. The van der Waals surface area contributed by atoms with Crippen molar-refractivity contribution in [1.29, 1.82) is 0 Å². The number of esters is 1. The van der Waals surface area contributed by atoms with Crippen LogP contribution in [0.4, 0.5) is 0 Å². The van der Waals surface area contributed by atoms with E-state index in [4.69, 9.17) is 24.7 Å². The topological polar surface area (TPSA) is 332 Å². The van der Waals surface area contributed by atoms with E-state index in [-0.39, 0.29) is 44.6 Å². The van der Waals surface area contributed by atoms with Crippen LogP contribution in [0.5, 0.6) is 0 Å². The average molecular weight is 995 g/mol. The molecule has 0 aromatic heterocycles. The molecule has 0 aliphatic carbocycles. The minimum Gasteiger partial charge on any atom is -0.462 e. The number of aliphatic hydroxyl groups is 11. The summed E-state index contributed by atoms with van der Waals surface area (Å²) in [5.74, 6) is -5.39. The predicted octanol–water partition coefficient (Wildman–Crippen LogP) is 0.516. The number of rotatable bonds is 5. The van der Waals surface area contributed by atoms with Gasteiger partial charge in [-0.05, 0) is 31.6 Å². The Balaban J connectivity index is 1.94. The van der Waals surface area contributed by atoms with Gasteiger partial charge in [0.1, 0.15) is 12.2 Å². The second-order valence-electron chi connectivity index (χ2n) is 20.0. The fraction of sp³-hybridized carbons (Fsp3) is 0.686. The van der Waals surface area contributed by atoms with Crippen molar-refractivity contribution in [3.63, 3.8) is 0 Å². The highest BCUT2D eigenvalue weighted by Crippen LogP contribution is 2.38. The maximum absolute atomic E-state index is 14.0. The summed E-state index contributed by atoms with van der Waals surface area (Å²) in [6.45, 7) is 8.16. The molecule has 14 N–H and O–H groups in total. The lowest BCUT2D eigenvalue weighted by molar-refractivity contribution is -0.304. The second-order valence-corrected chi connectivity index (χ2v) is 20.0. The summed E-state index contributed by atoms with van der Waals surface area (Å²) >= 11 is 0. The predicted molar refractivity (Wildman–Crippen MR) is 259 cm³/mol. The van der Waals surface area contributed by atoms with E-state index < -0.39 is 153 Å². The zero-order valence-electron chi connectivity index (χ0n) is 41.1. The molecule has 398 valence electrons. The van der Waals surface area contributed by atoms with Crippen LogP contribution in [0.3, 0.4) is 0 Å². The van der Waals surface area contributed by atoms with E-state index >= 15 is 0 Å². The van der Waals surface area contributed by atoms with Crippen LogP contribution in [-0.4, -0.2) is 179 Å². The summed E-state index contributed by atoms with van der Waals surface area (Å²) in [4.78, 5) is 26.6. The van der Waals surface area contributed by atoms with Crippen molar-refractivity contribution in [3.05, 3.63) is 85.1 Å². The molecule has 19 heteroatoms. The highest BCUT2D eigenvalue weighted by atomic mass is 16.7. The number of hydrogen-bond acceptors (Lipinski definition) is 18. The monoisotopic (exact) mass is 995 g/mol. The van der Waals surface area contributed by atoms with E-state index in [0.29, 0.717) is 0 Å². The molecule has 0 aromatic carbocycles. The lowest BCUT2D eigenvalue weighted by atomic mass is 9.81. The van der Waals surface area contributed by atoms with Crippen molar-refractivity contribution in [2.75, 3.05) is 13.2 Å². The summed E-state index contributed by atoms with van der Waals surface area (Å²) in [7, 11) is 0. The highest BCUT2D eigenvalue weighted by Gasteiger charge is 2.51. The van der Waals surface area contributed by atoms with Gasteiger partial charge in [-0.15, -0.1) is 0 Å². The maximum Gasteiger partial charge on any atom is 0.308 e. The number of cyclic esters (lactones) is 1. The van der Waals surface area contributed by atoms with Crippen molar-refractivity contribution in [3.8, 4) is 0 Å². The van der Waals surface area contributed by atoms with E-state index in [9.17, 15) is 65.8 Å². The largest absolute Gasteiger partial charge is 0.462 e. The van der Waals surface area contributed by atoms with Crippen molar-refractivity contribution >= 4 is 11.9 Å². The molecular weight excluding hydrogens is 913 g/mol. The number of carbonyl (C=O) groups excluding carboxylic acids is 2. The van der Waals surface area contributed by atoms with Crippen LogP contribution in [0.1, 0.15) is 92.4 Å². The van der Waals surface area contributed by atoms with Crippen LogP contribution < -0.4 is 11.1 Å². The number of aliphatic hydroxyl groups excluding tert-OH is 10. The fourth-order valence-corrected chi connectivity index (χ4v) is 8.31. The minimum absolute atomic E-state index is 0.104. The molecule has 0 radical (unpaired) electrons. The first kappa shape index (κ1) is 60.8. The van der Waals surface area contributed by atoms with Crippen molar-refractivity contribution in [1.82, 2.24) is 5.32 Å². The Morgan fingerprint density at radius 3 is 1.91 bits per heavy atom. The zero-order chi connectivity index (χ0) is 52.2. The molecule has 2 bridgehead atoms. The summed E-state index contributed by atoms with van der Waals surface area (Å²) in [5, 5.41) is 122. The number of allylic oxidation sites excluding steroid dienone is 12. The number of nitrogens with two attached hydrogens (primary N) is 1. The van der Waals surface area contributed by atoms with Crippen LogP contribution in [-0.2, 0) is 28.5 Å². The van der Waals surface area contributed by atoms with Gasteiger partial charge in [0.25, 0.3) is 0 Å². The third-order valence-electron chi connectivity index (χ3n) is 12.6. The van der Waals surface area contributed by atoms with Crippen LogP contribution in [0.15, 0.2) is 85.1 Å². The molecule has 2 saturated heterocycles. The smallest absolute Gasteiger partial charge is 0.308 e. The minimum atomic E-state index is -2.31. The Morgan fingerprint density at radius 1 is 0.743 bits per heavy atom. The Morgan fingerprint density at radius 2 is 1.33 bits per heavy atom. The quantitative estimate of drug-likeness (QED) is 0.167. The third kappa shape index (κ3) is 21.3. The maximum atomic E-state index is 14.0. The Bertz CT molecular complexity index is 1780. The standard InChI is InChI=1S/C51H82N2O17/c1-31-18-16-14-12-10-8-6-7-9-11-13-15-17-19-36(69-49-47(64)46(52)41(62)30-67-49)26-42-45(48(65)53-43(29-54)50(3,4)5)40(61)28-51(66,70-42)27-35(57)24-39(60)37(58)21-20-33(55)23-34(56)25-44(63)68-32(2)22-38(31)59/h6-19,31-43,45-47,49,54-62,64,66H,20-30,52H2,1-5H3,(H,53,65)/b7-6+,10-8+,11-9+,14-12+,15-13+,18-16+,19-17+/t31-,32-,33?,34?,35?,36?,37?,38-,39?,40-,41+,42-,43+,45+,46-,47-,49-,51?/m0/s1. The van der Waals surface area contributed by atoms with Gasteiger partial charge in [-0.3, -0.25) is 9.59 Å². The molecule has 7 unspecified atom stereocenters. The van der Waals surface area contributed by atoms with E-state index in [2.05, 4.69) is 5.32 Å². The van der Waals surface area contributed by atoms with Gasteiger partial charge in [0.05, 0.1) is 98.7 Å². The molecule has 19 nitrogen and oxygen atoms in total. The Hall–Kier alpha value is -3.48. The molecule has 3 aliphatic heterocycles. The molecule has 2 fully saturated rings. The van der Waals surface area contributed by atoms with Crippen LogP contribution in [0, 0.1) is 17.3 Å². The van der Waals surface area contributed by atoms with Crippen molar-refractivity contribution < 1.29 is 84.7 Å². The number of ether oxygens (including phenoxy) is 4. The second kappa shape index (κ2) is 29.9. The van der Waals surface area contributed by atoms with Crippen LogP contribution >= 0.6 is 0 Å². The molecular formula is C51H82N2O17. The van der Waals surface area contributed by atoms with Gasteiger partial charge in [-0.25, -0.2) is 0 Å². The molecule has 0 aromatic rings. The zero-order valence-corrected chi connectivity index (χ0v) is 41.1. The normalized spacial score (nSPS) is 41.6. The first-order chi connectivity index (χ1) is 32.9. The van der Waals surface area contributed by atoms with Crippen LogP contribution in [0.2, 0.25) is 0 Å². The first-order valence-corrected chi connectivity index (χ1v) is 24.3. The van der Waals surface area contributed by atoms with Crippen molar-refractivity contribution in [2.45, 2.75) is 190 Å². The Kier molecular flexibility index (Phi) is 26.0. The summed E-state index contributed by atoms with van der Waals surface area (Å²) in [6.07, 6.45) is 5.16. The first-order valence-electron chi connectivity index (χ1n) is 24.3. The average Bonchev–Trinajstić information content (AvgIpc) is 3.25. The van der Waals surface area contributed by atoms with Gasteiger partial charge in [0.2, 0.25) is 5.91 Å². The lowest BCUT2D eigenvalue weighted by Gasteiger charge is -2.46. The van der Waals surface area contributed by atoms with Gasteiger partial charge in [-0.2, -0.15) is 0 Å². The Labute approximate surface area is 412 Å². The van der Waals surface area contributed by atoms with Crippen molar-refractivity contribution in [2.24, 2.45) is 23.0 Å². The molecule has 18 atom stereocenters. The molecule has 70 heavy (non-hydrogen) atoms. The van der Waals surface area contributed by atoms with Gasteiger partial charge in [-0.1, -0.05) is 113 Å². The number of fused-ring (bicyclic) bond motifs is 2. The van der Waals surface area contributed by atoms with E-state index in [0.717, 1.165) is 0 Å². The number of hydrogen-bond donors (Lipinski definition) is 13. The molecule has 1 amide bonds. The van der Waals surface area contributed by atoms with E-state index in [1.807, 2.05) is 37.3 Å². The van der Waals surface area contributed by atoms with E-state index in [1.165, 1.54) is 0 Å². The van der Waals surface area contributed by atoms with Crippen LogP contribution in [0.25, 0.3) is 0 Å². The molecule has 0 spiro atoms. The summed E-state index contributed by atoms with van der Waals surface area (Å²) < 4.78 is 23.4.